The number of ether oxygens (including phenoxy) is 2. The Hall–Kier alpha value is -4.24. The van der Waals surface area contributed by atoms with Crippen LogP contribution in [0.4, 0.5) is 0 Å². The summed E-state index contributed by atoms with van der Waals surface area (Å²) < 4.78 is 14.5. The van der Waals surface area contributed by atoms with Gasteiger partial charge in [0, 0.05) is 22.6 Å². The van der Waals surface area contributed by atoms with Gasteiger partial charge in [-0.2, -0.15) is 4.57 Å². The summed E-state index contributed by atoms with van der Waals surface area (Å²) in [5, 5.41) is 21.5. The van der Waals surface area contributed by atoms with Crippen molar-refractivity contribution in [2.75, 3.05) is 6.61 Å². The topological polar surface area (TPSA) is 115 Å². The largest absolute Gasteiger partial charge is 0.503 e. The Balaban J connectivity index is 1.32. The number of aliphatic hydroxyl groups is 1. The molecule has 1 atom stereocenters. The average Bonchev–Trinajstić information content (AvgIpc) is 3.23. The van der Waals surface area contributed by atoms with Crippen LogP contribution in [-0.2, 0) is 34.8 Å². The third kappa shape index (κ3) is 3.43. The molecule has 0 bridgehead atoms. The number of cyclic esters (lactones) is 1. The van der Waals surface area contributed by atoms with Gasteiger partial charge < -0.3 is 24.3 Å². The van der Waals surface area contributed by atoms with Crippen molar-refractivity contribution in [3.05, 3.63) is 81.9 Å². The number of hydrogen-bond donors (Lipinski definition) is 2. The zero-order chi connectivity index (χ0) is 25.0. The number of esters is 1. The minimum Gasteiger partial charge on any atom is -0.503 e. The first-order valence-corrected chi connectivity index (χ1v) is 11.8. The third-order valence-electron chi connectivity index (χ3n) is 6.94. The van der Waals surface area contributed by atoms with Crippen LogP contribution < -0.4 is 14.9 Å². The van der Waals surface area contributed by atoms with E-state index in [1.165, 1.54) is 0 Å². The van der Waals surface area contributed by atoms with Crippen LogP contribution in [0.2, 0.25) is 0 Å². The van der Waals surface area contributed by atoms with E-state index >= 15 is 0 Å². The first kappa shape index (κ1) is 22.2. The molecule has 3 aromatic heterocycles. The lowest BCUT2D eigenvalue weighted by Gasteiger charge is -2.31. The molecule has 0 radical (unpaired) electrons. The smallest absolute Gasteiger partial charge is 0.343 e. The minimum atomic E-state index is -1.84. The van der Waals surface area contributed by atoms with E-state index in [2.05, 4.69) is 0 Å². The molecule has 9 heteroatoms. The van der Waals surface area contributed by atoms with E-state index in [9.17, 15) is 19.8 Å². The molecule has 0 saturated heterocycles. The highest BCUT2D eigenvalue weighted by Crippen LogP contribution is 2.38. The maximum absolute atomic E-state index is 13.3. The zero-order valence-corrected chi connectivity index (χ0v) is 19.6. The minimum absolute atomic E-state index is 0.104. The second-order valence-corrected chi connectivity index (χ2v) is 9.10. The first-order chi connectivity index (χ1) is 17.4. The summed E-state index contributed by atoms with van der Waals surface area (Å²) in [5.41, 5.74) is 1.35. The number of aromatic nitrogens is 3. The molecule has 1 aromatic carbocycles. The molecule has 5 heterocycles. The second-order valence-electron chi connectivity index (χ2n) is 9.10. The molecule has 0 fully saturated rings. The Kier molecular flexibility index (Phi) is 5.04. The number of pyridine rings is 3. The number of aromatic hydroxyl groups is 1. The van der Waals surface area contributed by atoms with Crippen molar-refractivity contribution in [1.29, 1.82) is 0 Å². The molecule has 0 spiro atoms. The Bertz CT molecular complexity index is 1610. The van der Waals surface area contributed by atoms with Crippen LogP contribution >= 0.6 is 0 Å². The van der Waals surface area contributed by atoms with Gasteiger partial charge in [0.2, 0.25) is 6.20 Å². The summed E-state index contributed by atoms with van der Waals surface area (Å²) in [6.45, 7) is 2.88. The summed E-state index contributed by atoms with van der Waals surface area (Å²) in [6.07, 6.45) is 3.60. The van der Waals surface area contributed by atoms with E-state index in [4.69, 9.17) is 14.5 Å². The highest BCUT2D eigenvalue weighted by molar-refractivity contribution is 5.87. The van der Waals surface area contributed by atoms with Gasteiger partial charge in [0.1, 0.15) is 19.0 Å². The van der Waals surface area contributed by atoms with E-state index in [0.29, 0.717) is 48.0 Å². The van der Waals surface area contributed by atoms with Gasteiger partial charge in [0.15, 0.2) is 24.1 Å². The maximum Gasteiger partial charge on any atom is 0.343 e. The molecule has 0 saturated carbocycles. The number of hydrogen-bond acceptors (Lipinski definition) is 7. The van der Waals surface area contributed by atoms with Gasteiger partial charge in [-0.05, 0) is 42.8 Å². The first-order valence-electron chi connectivity index (χ1n) is 11.8. The third-order valence-corrected chi connectivity index (χ3v) is 6.94. The van der Waals surface area contributed by atoms with E-state index in [1.54, 1.807) is 35.9 Å². The number of fused-ring (bicyclic) bond motifs is 5. The molecule has 182 valence electrons. The standard InChI is InChI=1S/C27H23N3O6/c1-2-27(34)21-12-23-24-17(13-30(23)25(32)20(21)15-36-26(27)33)10-16-11-19(5-6-22(16)28-24)35-9-8-29-7-3-4-18(31)14-29/h3-7,10-12,14,34H,2,8-9,13,15H2,1H3/p+1/t27-/m0/s1. The lowest BCUT2D eigenvalue weighted by molar-refractivity contribution is -0.697. The summed E-state index contributed by atoms with van der Waals surface area (Å²) >= 11 is 0. The van der Waals surface area contributed by atoms with Gasteiger partial charge in [-0.1, -0.05) is 6.92 Å². The summed E-state index contributed by atoms with van der Waals surface area (Å²) in [7, 11) is 0. The number of rotatable bonds is 5. The molecule has 2 aliphatic heterocycles. The van der Waals surface area contributed by atoms with Crippen LogP contribution in [0.5, 0.6) is 11.5 Å². The zero-order valence-electron chi connectivity index (χ0n) is 19.6. The monoisotopic (exact) mass is 486 g/mol. The Morgan fingerprint density at radius 3 is 2.89 bits per heavy atom. The van der Waals surface area contributed by atoms with Gasteiger partial charge >= 0.3 is 5.97 Å². The quantitative estimate of drug-likeness (QED) is 0.289. The molecule has 2 aliphatic rings. The SMILES string of the molecule is CC[C@@]1(O)C(=O)OCc2c1cc1n(c2=O)Cc2cc3cc(OCC[n+]4cccc(O)c4)ccc3nc2-1. The van der Waals surface area contributed by atoms with Crippen LogP contribution in [-0.4, -0.2) is 32.3 Å². The van der Waals surface area contributed by atoms with E-state index in [-0.39, 0.29) is 24.3 Å². The fraction of sp³-hybridized carbons (Fsp3) is 0.259. The summed E-state index contributed by atoms with van der Waals surface area (Å²) in [5.74, 6) is 0.154. The van der Waals surface area contributed by atoms with Crippen LogP contribution in [0.25, 0.3) is 22.3 Å². The van der Waals surface area contributed by atoms with Crippen molar-refractivity contribution in [1.82, 2.24) is 9.55 Å². The highest BCUT2D eigenvalue weighted by Gasteiger charge is 2.45. The van der Waals surface area contributed by atoms with Crippen LogP contribution in [0.3, 0.4) is 0 Å². The lowest BCUT2D eigenvalue weighted by Crippen LogP contribution is -2.44. The van der Waals surface area contributed by atoms with Crippen LogP contribution in [0, 0.1) is 0 Å². The van der Waals surface area contributed by atoms with Crippen molar-refractivity contribution in [2.45, 2.75) is 38.6 Å². The van der Waals surface area contributed by atoms with Crippen LogP contribution in [0.1, 0.15) is 30.0 Å². The lowest BCUT2D eigenvalue weighted by atomic mass is 9.86. The van der Waals surface area contributed by atoms with Crippen molar-refractivity contribution in [3.63, 3.8) is 0 Å². The molecule has 9 nitrogen and oxygen atoms in total. The fourth-order valence-corrected chi connectivity index (χ4v) is 4.97. The van der Waals surface area contributed by atoms with Gasteiger partial charge in [-0.25, -0.2) is 9.78 Å². The van der Waals surface area contributed by atoms with Gasteiger partial charge in [0.05, 0.1) is 29.0 Å². The van der Waals surface area contributed by atoms with Crippen molar-refractivity contribution >= 4 is 16.9 Å². The highest BCUT2D eigenvalue weighted by atomic mass is 16.6. The molecule has 0 unspecified atom stereocenters. The van der Waals surface area contributed by atoms with Crippen LogP contribution in [0.15, 0.2) is 59.7 Å². The Morgan fingerprint density at radius 2 is 2.08 bits per heavy atom. The summed E-state index contributed by atoms with van der Waals surface area (Å²) in [6, 6.07) is 12.7. The average molecular weight is 487 g/mol. The van der Waals surface area contributed by atoms with E-state index < -0.39 is 11.6 Å². The Morgan fingerprint density at radius 1 is 1.22 bits per heavy atom. The predicted octanol–water partition coefficient (Wildman–Crippen LogP) is 2.15. The Labute approximate surface area is 205 Å². The van der Waals surface area contributed by atoms with Crippen molar-refractivity contribution in [3.8, 4) is 22.9 Å². The fourth-order valence-electron chi connectivity index (χ4n) is 4.97. The molecule has 2 N–H and O–H groups in total. The molecular formula is C27H24N3O6+. The number of carbonyl (C=O) groups is 1. The number of benzene rings is 1. The normalized spacial score (nSPS) is 17.9. The van der Waals surface area contributed by atoms with Crippen molar-refractivity contribution < 1.29 is 29.0 Å². The molecule has 0 aliphatic carbocycles. The van der Waals surface area contributed by atoms with Gasteiger partial charge in [-0.3, -0.25) is 4.79 Å². The van der Waals surface area contributed by atoms with E-state index in [0.717, 1.165) is 16.5 Å². The molecule has 36 heavy (non-hydrogen) atoms. The van der Waals surface area contributed by atoms with E-state index in [1.807, 2.05) is 35.0 Å². The second kappa shape index (κ2) is 8.17. The summed E-state index contributed by atoms with van der Waals surface area (Å²) in [4.78, 5) is 30.4. The predicted molar refractivity (Wildman–Crippen MR) is 128 cm³/mol. The molecule has 4 aromatic rings. The molecule has 6 rings (SSSR count). The van der Waals surface area contributed by atoms with Crippen molar-refractivity contribution in [2.24, 2.45) is 0 Å². The van der Waals surface area contributed by atoms with Gasteiger partial charge in [-0.15, -0.1) is 0 Å². The maximum atomic E-state index is 13.3. The van der Waals surface area contributed by atoms with Gasteiger partial charge in [0.25, 0.3) is 5.56 Å². The molecular weight excluding hydrogens is 462 g/mol. The molecule has 0 amide bonds. The number of nitrogens with zero attached hydrogens (tertiary/aromatic N) is 3. The number of carbonyl (C=O) groups excluding carboxylic acids is 1.